The molecule has 222 valence electrons. The lowest BCUT2D eigenvalue weighted by molar-refractivity contribution is 0.0663. The van der Waals surface area contributed by atoms with E-state index < -0.39 is 11.6 Å². The first-order valence-electron chi connectivity index (χ1n) is 14.1. The molecule has 0 radical (unpaired) electrons. The van der Waals surface area contributed by atoms with Crippen LogP contribution in [0, 0.1) is 11.6 Å². The SMILES string of the molecule is CN(C)C1CCN(C(=O)c2cc(Nc3ncc4c(n3)-c3ccc(Cl)cc3N(c3c(F)cccc3F)CC4)ccc2Cl)CC1. The second-order valence-corrected chi connectivity index (χ2v) is 11.9. The zero-order chi connectivity index (χ0) is 30.2. The number of nitrogens with zero attached hydrogens (tertiary/aromatic N) is 5. The maximum absolute atomic E-state index is 14.9. The standard InChI is InChI=1S/C32H30Cl2F2N6O/c1-40(2)22-11-13-41(14-12-22)31(43)24-17-21(7-9-25(24)34)38-32-37-18-19-10-15-42(30-26(35)4-3-5-27(30)36)28-16-20(33)6-8-23(28)29(19)39-32/h3-9,16-18,22H,10-15H2,1-2H3,(H,37,38,39). The first-order valence-corrected chi connectivity index (χ1v) is 14.8. The molecule has 1 fully saturated rings. The minimum absolute atomic E-state index is 0.111. The molecule has 3 heterocycles. The zero-order valence-corrected chi connectivity index (χ0v) is 25.3. The summed E-state index contributed by atoms with van der Waals surface area (Å²) in [5.41, 5.74) is 3.52. The minimum atomic E-state index is -0.666. The first-order chi connectivity index (χ1) is 20.7. The quantitative estimate of drug-likeness (QED) is 0.251. The lowest BCUT2D eigenvalue weighted by Crippen LogP contribution is -2.44. The molecule has 6 rings (SSSR count). The molecule has 0 bridgehead atoms. The van der Waals surface area contributed by atoms with Crippen molar-refractivity contribution in [3.8, 4) is 11.3 Å². The van der Waals surface area contributed by atoms with E-state index in [4.69, 9.17) is 28.2 Å². The van der Waals surface area contributed by atoms with Crippen LogP contribution in [0.2, 0.25) is 10.0 Å². The summed E-state index contributed by atoms with van der Waals surface area (Å²) in [5, 5.41) is 4.01. The summed E-state index contributed by atoms with van der Waals surface area (Å²) in [4.78, 5) is 28.4. The van der Waals surface area contributed by atoms with E-state index in [0.717, 1.165) is 18.4 Å². The molecule has 4 aromatic rings. The number of fused-ring (bicyclic) bond motifs is 3. The van der Waals surface area contributed by atoms with Crippen LogP contribution in [-0.4, -0.2) is 65.4 Å². The van der Waals surface area contributed by atoms with Gasteiger partial charge in [0.05, 0.1) is 22.0 Å². The van der Waals surface area contributed by atoms with Crippen molar-refractivity contribution >= 4 is 52.1 Å². The van der Waals surface area contributed by atoms with Crippen LogP contribution in [0.4, 0.5) is 31.8 Å². The Morgan fingerprint density at radius 1 is 1.00 bits per heavy atom. The summed E-state index contributed by atoms with van der Waals surface area (Å²) >= 11 is 12.8. The highest BCUT2D eigenvalue weighted by atomic mass is 35.5. The number of amides is 1. The predicted octanol–water partition coefficient (Wildman–Crippen LogP) is 7.33. The number of likely N-dealkylation sites (tertiary alicyclic amines) is 1. The highest BCUT2D eigenvalue weighted by Crippen LogP contribution is 2.42. The van der Waals surface area contributed by atoms with Gasteiger partial charge in [0.1, 0.15) is 17.3 Å². The monoisotopic (exact) mass is 622 g/mol. The van der Waals surface area contributed by atoms with Crippen molar-refractivity contribution in [3.63, 3.8) is 0 Å². The van der Waals surface area contributed by atoms with Crippen LogP contribution < -0.4 is 10.2 Å². The average molecular weight is 624 g/mol. The molecular weight excluding hydrogens is 593 g/mol. The van der Waals surface area contributed by atoms with Crippen LogP contribution in [0.3, 0.4) is 0 Å². The topological polar surface area (TPSA) is 64.6 Å². The fraction of sp³-hybridized carbons (Fsp3) is 0.281. The first kappa shape index (κ1) is 29.3. The van der Waals surface area contributed by atoms with Gasteiger partial charge < -0.3 is 20.0 Å². The highest BCUT2D eigenvalue weighted by Gasteiger charge is 2.28. The maximum Gasteiger partial charge on any atom is 0.255 e. The van der Waals surface area contributed by atoms with E-state index in [-0.39, 0.29) is 11.6 Å². The van der Waals surface area contributed by atoms with E-state index in [2.05, 4.69) is 29.3 Å². The van der Waals surface area contributed by atoms with Gasteiger partial charge in [-0.15, -0.1) is 0 Å². The molecule has 0 unspecified atom stereocenters. The average Bonchev–Trinajstić information content (AvgIpc) is 3.14. The molecule has 0 aliphatic carbocycles. The van der Waals surface area contributed by atoms with E-state index >= 15 is 0 Å². The van der Waals surface area contributed by atoms with E-state index in [1.165, 1.54) is 18.2 Å². The van der Waals surface area contributed by atoms with Crippen LogP contribution >= 0.6 is 23.2 Å². The largest absolute Gasteiger partial charge is 0.338 e. The van der Waals surface area contributed by atoms with E-state index in [1.54, 1.807) is 47.5 Å². The van der Waals surface area contributed by atoms with Crippen molar-refractivity contribution in [1.82, 2.24) is 19.8 Å². The van der Waals surface area contributed by atoms with Crippen molar-refractivity contribution in [1.29, 1.82) is 0 Å². The number of para-hydroxylation sites is 1. The molecule has 1 saturated heterocycles. The minimum Gasteiger partial charge on any atom is -0.338 e. The fourth-order valence-corrected chi connectivity index (χ4v) is 6.16. The third-order valence-corrected chi connectivity index (χ3v) is 8.68. The van der Waals surface area contributed by atoms with Gasteiger partial charge in [-0.25, -0.2) is 18.7 Å². The smallest absolute Gasteiger partial charge is 0.255 e. The van der Waals surface area contributed by atoms with Crippen molar-refractivity contribution in [2.45, 2.75) is 25.3 Å². The van der Waals surface area contributed by atoms with Gasteiger partial charge in [-0.1, -0.05) is 29.3 Å². The van der Waals surface area contributed by atoms with Gasteiger partial charge in [0.15, 0.2) is 0 Å². The number of hydrogen-bond acceptors (Lipinski definition) is 6. The number of carbonyl (C=O) groups is 1. The highest BCUT2D eigenvalue weighted by molar-refractivity contribution is 6.34. The predicted molar refractivity (Wildman–Crippen MR) is 167 cm³/mol. The summed E-state index contributed by atoms with van der Waals surface area (Å²) in [7, 11) is 4.12. The summed E-state index contributed by atoms with van der Waals surface area (Å²) in [6, 6.07) is 14.6. The summed E-state index contributed by atoms with van der Waals surface area (Å²) in [6.45, 7) is 1.63. The number of rotatable bonds is 5. The summed E-state index contributed by atoms with van der Waals surface area (Å²) in [5.74, 6) is -1.14. The Balaban J connectivity index is 1.30. The van der Waals surface area contributed by atoms with Crippen molar-refractivity contribution in [3.05, 3.63) is 93.6 Å². The fourth-order valence-electron chi connectivity index (χ4n) is 5.80. The van der Waals surface area contributed by atoms with E-state index in [0.29, 0.717) is 76.3 Å². The molecule has 0 saturated carbocycles. The number of halogens is 4. The lowest BCUT2D eigenvalue weighted by atomic mass is 10.0. The van der Waals surface area contributed by atoms with Gasteiger partial charge in [-0.2, -0.15) is 0 Å². The second-order valence-electron chi connectivity index (χ2n) is 11.0. The molecule has 3 aromatic carbocycles. The van der Waals surface area contributed by atoms with Gasteiger partial charge >= 0.3 is 0 Å². The number of piperidine rings is 1. The lowest BCUT2D eigenvalue weighted by Gasteiger charge is -2.35. The Morgan fingerprint density at radius 3 is 2.47 bits per heavy atom. The molecule has 11 heteroatoms. The number of nitrogens with one attached hydrogen (secondary N) is 1. The van der Waals surface area contributed by atoms with Crippen molar-refractivity contribution in [2.24, 2.45) is 0 Å². The molecular formula is C32H30Cl2F2N6O. The molecule has 43 heavy (non-hydrogen) atoms. The molecule has 1 aromatic heterocycles. The summed E-state index contributed by atoms with van der Waals surface area (Å²) < 4.78 is 29.8. The Kier molecular flexibility index (Phi) is 8.22. The number of carbonyl (C=O) groups excluding carboxylic acids is 1. The molecule has 1 N–H and O–H groups in total. The Morgan fingerprint density at radius 2 is 1.74 bits per heavy atom. The Labute approximate surface area is 259 Å². The second kappa shape index (κ2) is 12.1. The van der Waals surface area contributed by atoms with Gasteiger partial charge in [0.25, 0.3) is 5.91 Å². The van der Waals surface area contributed by atoms with Crippen LogP contribution in [0.5, 0.6) is 0 Å². The number of aromatic nitrogens is 2. The van der Waals surface area contributed by atoms with Crippen LogP contribution in [0.25, 0.3) is 11.3 Å². The molecule has 0 atom stereocenters. The molecule has 1 amide bonds. The maximum atomic E-state index is 14.9. The molecule has 2 aliphatic rings. The normalized spacial score (nSPS) is 15.2. The van der Waals surface area contributed by atoms with Crippen LogP contribution in [0.1, 0.15) is 28.8 Å². The summed E-state index contributed by atoms with van der Waals surface area (Å²) in [6.07, 6.45) is 3.97. The molecule has 7 nitrogen and oxygen atoms in total. The number of benzene rings is 3. The molecule has 0 spiro atoms. The van der Waals surface area contributed by atoms with E-state index in [1.807, 2.05) is 4.90 Å². The van der Waals surface area contributed by atoms with Crippen LogP contribution in [-0.2, 0) is 6.42 Å². The number of hydrogen-bond donors (Lipinski definition) is 1. The van der Waals surface area contributed by atoms with Gasteiger partial charge in [0, 0.05) is 48.1 Å². The number of anilines is 4. The Bertz CT molecular complexity index is 1670. The van der Waals surface area contributed by atoms with Gasteiger partial charge in [-0.3, -0.25) is 4.79 Å². The third-order valence-electron chi connectivity index (χ3n) is 8.12. The van der Waals surface area contributed by atoms with Crippen molar-refractivity contribution in [2.75, 3.05) is 43.9 Å². The third kappa shape index (κ3) is 5.89. The van der Waals surface area contributed by atoms with Crippen molar-refractivity contribution < 1.29 is 13.6 Å². The zero-order valence-electron chi connectivity index (χ0n) is 23.7. The van der Waals surface area contributed by atoms with Crippen LogP contribution in [0.15, 0.2) is 60.8 Å². The van der Waals surface area contributed by atoms with Gasteiger partial charge in [0.2, 0.25) is 5.95 Å². The van der Waals surface area contributed by atoms with E-state index in [9.17, 15) is 13.6 Å². The van der Waals surface area contributed by atoms with Gasteiger partial charge in [-0.05, 0) is 87.5 Å². The Hall–Kier alpha value is -3.79. The molecule has 2 aliphatic heterocycles.